The quantitative estimate of drug-likeness (QED) is 0.170. The van der Waals surface area contributed by atoms with Crippen LogP contribution in [0.5, 0.6) is 11.5 Å². The van der Waals surface area contributed by atoms with Crippen LogP contribution in [0.25, 0.3) is 0 Å². The van der Waals surface area contributed by atoms with E-state index in [0.29, 0.717) is 33.2 Å². The number of ether oxygens (including phenoxy) is 2. The van der Waals surface area contributed by atoms with E-state index in [0.717, 1.165) is 16.7 Å². The Labute approximate surface area is 246 Å². The molecule has 1 aromatic heterocycles. The second-order valence-corrected chi connectivity index (χ2v) is 10.7. The number of anilines is 2. The Hall–Kier alpha value is -4.29. The van der Waals surface area contributed by atoms with Crippen LogP contribution in [0, 0.1) is 13.8 Å². The molecule has 0 bridgehead atoms. The highest BCUT2D eigenvalue weighted by molar-refractivity contribution is 8.00. The summed E-state index contributed by atoms with van der Waals surface area (Å²) in [5, 5.41) is 19.6. The van der Waals surface area contributed by atoms with Gasteiger partial charge in [0.1, 0.15) is 0 Å². The van der Waals surface area contributed by atoms with Crippen LogP contribution in [0.3, 0.4) is 0 Å². The molecule has 10 nitrogen and oxygen atoms in total. The van der Waals surface area contributed by atoms with Gasteiger partial charge in [0.05, 0.1) is 31.9 Å². The van der Waals surface area contributed by atoms with E-state index in [1.165, 1.54) is 28.2 Å². The van der Waals surface area contributed by atoms with Crippen LogP contribution in [-0.2, 0) is 9.59 Å². The summed E-state index contributed by atoms with van der Waals surface area (Å²) < 4.78 is 12.2. The molecule has 0 radical (unpaired) electrons. The highest BCUT2D eigenvalue weighted by atomic mass is 32.2. The molecule has 12 heteroatoms. The van der Waals surface area contributed by atoms with Gasteiger partial charge in [0.25, 0.3) is 0 Å². The minimum absolute atomic E-state index is 0.0937. The van der Waals surface area contributed by atoms with Gasteiger partial charge in [0.15, 0.2) is 11.5 Å². The lowest BCUT2D eigenvalue weighted by molar-refractivity contribution is -0.114. The average molecular weight is 591 g/mol. The van der Waals surface area contributed by atoms with Crippen molar-refractivity contribution in [2.45, 2.75) is 24.2 Å². The van der Waals surface area contributed by atoms with Crippen molar-refractivity contribution >= 4 is 52.9 Å². The lowest BCUT2D eigenvalue weighted by atomic mass is 10.2. The van der Waals surface area contributed by atoms with E-state index in [4.69, 9.17) is 9.47 Å². The number of amides is 2. The SMILES string of the molecule is COc1ccc(/C=N\n2c(SCC(=O)Nc3ccc(C)cc3)nnc2SCC(=O)Nc2ccc(C)cc2)cc1OC. The number of carbonyl (C=O) groups is 2. The Morgan fingerprint density at radius 3 is 1.73 bits per heavy atom. The molecule has 4 aromatic rings. The molecule has 1 heterocycles. The standard InChI is InChI=1S/C29H30N6O4S2/c1-19-5-10-22(11-6-19)31-26(36)17-40-28-33-34-29(41-18-27(37)32-23-12-7-20(2)8-13-23)35(28)30-16-21-9-14-24(38-3)25(15-21)39-4/h5-16H,17-18H2,1-4H3,(H,31,36)(H,32,37)/b30-16-. The zero-order valence-corrected chi connectivity index (χ0v) is 24.7. The van der Waals surface area contributed by atoms with E-state index in [1.54, 1.807) is 32.6 Å². The molecule has 0 fully saturated rings. The molecule has 2 N–H and O–H groups in total. The fourth-order valence-electron chi connectivity index (χ4n) is 3.52. The molecule has 0 unspecified atom stereocenters. The molecular formula is C29H30N6O4S2. The molecule has 2 amide bonds. The molecule has 3 aromatic carbocycles. The lowest BCUT2D eigenvalue weighted by Crippen LogP contribution is -2.15. The van der Waals surface area contributed by atoms with Gasteiger partial charge in [-0.2, -0.15) is 9.78 Å². The van der Waals surface area contributed by atoms with Crippen LogP contribution in [-0.4, -0.2) is 58.6 Å². The van der Waals surface area contributed by atoms with Crippen LogP contribution >= 0.6 is 23.5 Å². The Morgan fingerprint density at radius 1 is 0.780 bits per heavy atom. The Balaban J connectivity index is 1.49. The second kappa shape index (κ2) is 14.4. The third kappa shape index (κ3) is 8.60. The van der Waals surface area contributed by atoms with Crippen molar-refractivity contribution in [2.24, 2.45) is 5.10 Å². The normalized spacial score (nSPS) is 10.9. The summed E-state index contributed by atoms with van der Waals surface area (Å²) >= 11 is 2.38. The van der Waals surface area contributed by atoms with Crippen molar-refractivity contribution in [3.8, 4) is 11.5 Å². The highest BCUT2D eigenvalue weighted by Crippen LogP contribution is 2.28. The molecule has 0 aliphatic heterocycles. The first-order chi connectivity index (χ1) is 19.8. The van der Waals surface area contributed by atoms with Crippen LogP contribution in [0.15, 0.2) is 82.1 Å². The maximum atomic E-state index is 12.6. The van der Waals surface area contributed by atoms with Gasteiger partial charge in [0.2, 0.25) is 22.1 Å². The Bertz CT molecular complexity index is 1440. The van der Waals surface area contributed by atoms with E-state index in [1.807, 2.05) is 68.4 Å². The van der Waals surface area contributed by atoms with Crippen molar-refractivity contribution in [1.82, 2.24) is 14.9 Å². The van der Waals surface area contributed by atoms with Crippen LogP contribution < -0.4 is 20.1 Å². The van der Waals surface area contributed by atoms with Crippen molar-refractivity contribution in [3.63, 3.8) is 0 Å². The van der Waals surface area contributed by atoms with Crippen LogP contribution in [0.1, 0.15) is 16.7 Å². The third-order valence-corrected chi connectivity index (χ3v) is 7.49. The first-order valence-corrected chi connectivity index (χ1v) is 14.5. The van der Waals surface area contributed by atoms with Crippen molar-refractivity contribution in [1.29, 1.82) is 0 Å². The van der Waals surface area contributed by atoms with E-state index in [-0.39, 0.29) is 23.3 Å². The van der Waals surface area contributed by atoms with Gasteiger partial charge >= 0.3 is 0 Å². The predicted octanol–water partition coefficient (Wildman–Crippen LogP) is 5.26. The maximum absolute atomic E-state index is 12.6. The summed E-state index contributed by atoms with van der Waals surface area (Å²) in [4.78, 5) is 25.2. The molecular weight excluding hydrogens is 560 g/mol. The minimum Gasteiger partial charge on any atom is -0.493 e. The summed E-state index contributed by atoms with van der Waals surface area (Å²) in [5.74, 6) is 0.964. The second-order valence-electron chi connectivity index (χ2n) is 8.84. The molecule has 0 atom stereocenters. The van der Waals surface area contributed by atoms with Crippen molar-refractivity contribution in [2.75, 3.05) is 36.4 Å². The number of aryl methyl sites for hydroxylation is 2. The van der Waals surface area contributed by atoms with Gasteiger partial charge in [-0.3, -0.25) is 9.59 Å². The first-order valence-electron chi connectivity index (χ1n) is 12.5. The van der Waals surface area contributed by atoms with Gasteiger partial charge in [-0.05, 0) is 61.9 Å². The van der Waals surface area contributed by atoms with E-state index < -0.39 is 0 Å². The van der Waals surface area contributed by atoms with Gasteiger partial charge in [-0.25, -0.2) is 0 Å². The zero-order valence-electron chi connectivity index (χ0n) is 23.1. The number of nitrogens with one attached hydrogen (secondary N) is 2. The lowest BCUT2D eigenvalue weighted by Gasteiger charge is -2.08. The fraction of sp³-hybridized carbons (Fsp3) is 0.207. The van der Waals surface area contributed by atoms with Crippen molar-refractivity contribution < 1.29 is 19.1 Å². The van der Waals surface area contributed by atoms with Crippen molar-refractivity contribution in [3.05, 3.63) is 83.4 Å². The summed E-state index contributed by atoms with van der Waals surface area (Å²) in [6.07, 6.45) is 1.62. The minimum atomic E-state index is -0.191. The van der Waals surface area contributed by atoms with E-state index in [2.05, 4.69) is 25.9 Å². The number of hydrogen-bond acceptors (Lipinski definition) is 9. The van der Waals surface area contributed by atoms with Crippen LogP contribution in [0.2, 0.25) is 0 Å². The summed E-state index contributed by atoms with van der Waals surface area (Å²) in [5.41, 5.74) is 4.39. The zero-order chi connectivity index (χ0) is 29.2. The van der Waals surface area contributed by atoms with E-state index >= 15 is 0 Å². The number of benzene rings is 3. The molecule has 4 rings (SSSR count). The van der Waals surface area contributed by atoms with E-state index in [9.17, 15) is 9.59 Å². The highest BCUT2D eigenvalue weighted by Gasteiger charge is 2.16. The number of methoxy groups -OCH3 is 2. The average Bonchev–Trinajstić information content (AvgIpc) is 3.37. The monoisotopic (exact) mass is 590 g/mol. The van der Waals surface area contributed by atoms with Gasteiger partial charge in [-0.1, -0.05) is 58.9 Å². The Kier molecular flexibility index (Phi) is 10.4. The molecule has 0 aliphatic carbocycles. The molecule has 0 spiro atoms. The predicted molar refractivity (Wildman–Crippen MR) is 164 cm³/mol. The van der Waals surface area contributed by atoms with Gasteiger partial charge in [0, 0.05) is 11.4 Å². The summed E-state index contributed by atoms with van der Waals surface area (Å²) in [6, 6.07) is 20.5. The van der Waals surface area contributed by atoms with Crippen LogP contribution in [0.4, 0.5) is 11.4 Å². The molecule has 41 heavy (non-hydrogen) atoms. The Morgan fingerprint density at radius 2 is 1.27 bits per heavy atom. The number of thioether (sulfide) groups is 2. The molecule has 212 valence electrons. The molecule has 0 aliphatic rings. The third-order valence-electron chi connectivity index (χ3n) is 5.65. The first kappa shape index (κ1) is 29.7. The summed E-state index contributed by atoms with van der Waals surface area (Å²) in [7, 11) is 3.13. The topological polar surface area (TPSA) is 120 Å². The largest absolute Gasteiger partial charge is 0.493 e. The number of rotatable bonds is 12. The van der Waals surface area contributed by atoms with Gasteiger partial charge < -0.3 is 20.1 Å². The summed E-state index contributed by atoms with van der Waals surface area (Å²) in [6.45, 7) is 3.97. The fourth-order valence-corrected chi connectivity index (χ4v) is 4.95. The smallest absolute Gasteiger partial charge is 0.234 e. The maximum Gasteiger partial charge on any atom is 0.234 e. The molecule has 0 saturated carbocycles. The number of aromatic nitrogens is 3. The number of nitrogens with zero attached hydrogens (tertiary/aromatic N) is 4. The molecule has 0 saturated heterocycles. The van der Waals surface area contributed by atoms with Gasteiger partial charge in [-0.15, -0.1) is 10.2 Å². The number of carbonyl (C=O) groups excluding carboxylic acids is 2. The number of hydrogen-bond donors (Lipinski definition) is 2.